The Hall–Kier alpha value is -1.51. The van der Waals surface area contributed by atoms with Gasteiger partial charge in [0.05, 0.1) is 6.61 Å². The first-order valence-corrected chi connectivity index (χ1v) is 8.99. The topological polar surface area (TPSA) is 54.9 Å². The average Bonchev–Trinajstić information content (AvgIpc) is 2.67. The van der Waals surface area contributed by atoms with E-state index in [9.17, 15) is 0 Å². The molecule has 0 amide bonds. The lowest BCUT2D eigenvalue weighted by Crippen LogP contribution is -2.37. The average molecular weight is 504 g/mol. The van der Waals surface area contributed by atoms with Gasteiger partial charge in [0.15, 0.2) is 5.96 Å². The molecule has 2 N–H and O–H groups in total. The summed E-state index contributed by atoms with van der Waals surface area (Å²) in [5.41, 5.74) is 2.28. The third-order valence-electron chi connectivity index (χ3n) is 3.81. The molecule has 27 heavy (non-hydrogen) atoms. The van der Waals surface area contributed by atoms with Gasteiger partial charge in [-0.15, -0.1) is 24.0 Å². The maximum Gasteiger partial charge on any atom is 0.191 e. The molecule has 2 rings (SSSR count). The second-order valence-electron chi connectivity index (χ2n) is 5.68. The first-order chi connectivity index (χ1) is 12.7. The lowest BCUT2D eigenvalue weighted by molar-refractivity contribution is 0.146. The maximum absolute atomic E-state index is 6.18. The van der Waals surface area contributed by atoms with Crippen LogP contribution >= 0.6 is 35.6 Å². The van der Waals surface area contributed by atoms with E-state index in [0.717, 1.165) is 40.8 Å². The van der Waals surface area contributed by atoms with Crippen LogP contribution in [0.5, 0.6) is 5.75 Å². The number of halogens is 2. The highest BCUT2D eigenvalue weighted by Gasteiger charge is 2.02. The van der Waals surface area contributed by atoms with Crippen LogP contribution in [0.25, 0.3) is 0 Å². The number of hydrogen-bond donors (Lipinski definition) is 2. The summed E-state index contributed by atoms with van der Waals surface area (Å²) in [4.78, 5) is 4.25. The van der Waals surface area contributed by atoms with Gasteiger partial charge >= 0.3 is 0 Å². The Kier molecular flexibility index (Phi) is 11.9. The Morgan fingerprint density at radius 2 is 1.78 bits per heavy atom. The number of ether oxygens (including phenoxy) is 2. The fourth-order valence-electron chi connectivity index (χ4n) is 2.37. The van der Waals surface area contributed by atoms with Crippen molar-refractivity contribution in [1.82, 2.24) is 10.6 Å². The van der Waals surface area contributed by atoms with E-state index in [1.807, 2.05) is 48.5 Å². The fourth-order valence-corrected chi connectivity index (χ4v) is 2.60. The maximum atomic E-state index is 6.18. The molecule has 0 saturated heterocycles. The van der Waals surface area contributed by atoms with E-state index < -0.39 is 0 Å². The minimum Gasteiger partial charge on any atom is -0.491 e. The van der Waals surface area contributed by atoms with Crippen molar-refractivity contribution in [3.05, 3.63) is 64.7 Å². The molecule has 0 aliphatic rings. The monoisotopic (exact) mass is 503 g/mol. The molecule has 0 fully saturated rings. The van der Waals surface area contributed by atoms with Crippen molar-refractivity contribution in [3.8, 4) is 5.75 Å². The van der Waals surface area contributed by atoms with Crippen LogP contribution in [0.4, 0.5) is 0 Å². The predicted octanol–water partition coefficient (Wildman–Crippen LogP) is 3.89. The SMILES string of the molecule is CN=C(NCCc1ccccc1Cl)NCc1ccc(OCCOC)cc1.I. The number of rotatable bonds is 9. The highest BCUT2D eigenvalue weighted by molar-refractivity contribution is 14.0. The van der Waals surface area contributed by atoms with E-state index in [2.05, 4.69) is 15.6 Å². The lowest BCUT2D eigenvalue weighted by atomic mass is 10.1. The number of hydrogen-bond acceptors (Lipinski definition) is 3. The summed E-state index contributed by atoms with van der Waals surface area (Å²) in [5.74, 6) is 1.60. The second kappa shape index (κ2) is 13.6. The molecule has 5 nitrogen and oxygen atoms in total. The zero-order valence-electron chi connectivity index (χ0n) is 15.7. The molecule has 2 aromatic rings. The van der Waals surface area contributed by atoms with Crippen LogP contribution in [0.2, 0.25) is 5.02 Å². The molecule has 0 aliphatic carbocycles. The van der Waals surface area contributed by atoms with Crippen molar-refractivity contribution < 1.29 is 9.47 Å². The van der Waals surface area contributed by atoms with Crippen molar-refractivity contribution in [1.29, 1.82) is 0 Å². The Balaban J connectivity index is 0.00000364. The summed E-state index contributed by atoms with van der Waals surface area (Å²) < 4.78 is 10.5. The van der Waals surface area contributed by atoms with Crippen molar-refractivity contribution in [2.24, 2.45) is 4.99 Å². The van der Waals surface area contributed by atoms with Crippen LogP contribution in [0.3, 0.4) is 0 Å². The number of guanidine groups is 1. The highest BCUT2D eigenvalue weighted by atomic mass is 127. The van der Waals surface area contributed by atoms with Crippen molar-refractivity contribution in [3.63, 3.8) is 0 Å². The third kappa shape index (κ3) is 8.81. The van der Waals surface area contributed by atoms with Gasteiger partial charge in [0.1, 0.15) is 12.4 Å². The molecule has 7 heteroatoms. The minimum atomic E-state index is 0. The minimum absolute atomic E-state index is 0. The van der Waals surface area contributed by atoms with E-state index in [-0.39, 0.29) is 24.0 Å². The third-order valence-corrected chi connectivity index (χ3v) is 4.18. The molecular formula is C20H27ClIN3O2. The van der Waals surface area contributed by atoms with Crippen molar-refractivity contribution in [2.45, 2.75) is 13.0 Å². The second-order valence-corrected chi connectivity index (χ2v) is 6.09. The molecule has 0 aromatic heterocycles. The number of benzene rings is 2. The quantitative estimate of drug-likeness (QED) is 0.236. The van der Waals surface area contributed by atoms with E-state index in [0.29, 0.717) is 19.8 Å². The Morgan fingerprint density at radius 1 is 1.04 bits per heavy atom. The Labute approximate surface area is 183 Å². The smallest absolute Gasteiger partial charge is 0.191 e. The number of aliphatic imine (C=N–C) groups is 1. The zero-order valence-corrected chi connectivity index (χ0v) is 18.8. The normalized spacial score (nSPS) is 10.9. The largest absolute Gasteiger partial charge is 0.491 e. The standard InChI is InChI=1S/C20H26ClN3O2.HI/c1-22-20(23-12-11-17-5-3-4-6-19(17)21)24-15-16-7-9-18(10-8-16)26-14-13-25-2;/h3-10H,11-15H2,1-2H3,(H2,22,23,24);1H. The van der Waals surface area contributed by atoms with Gasteiger partial charge in [0.25, 0.3) is 0 Å². The van der Waals surface area contributed by atoms with Crippen LogP contribution in [0.1, 0.15) is 11.1 Å². The van der Waals surface area contributed by atoms with E-state index >= 15 is 0 Å². The zero-order chi connectivity index (χ0) is 18.6. The lowest BCUT2D eigenvalue weighted by Gasteiger charge is -2.13. The van der Waals surface area contributed by atoms with Crippen LogP contribution in [0.15, 0.2) is 53.5 Å². The van der Waals surface area contributed by atoms with Crippen LogP contribution in [-0.2, 0) is 17.7 Å². The van der Waals surface area contributed by atoms with Gasteiger partial charge in [-0.2, -0.15) is 0 Å². The molecule has 0 aliphatic heterocycles. The molecule has 148 valence electrons. The highest BCUT2D eigenvalue weighted by Crippen LogP contribution is 2.15. The Morgan fingerprint density at radius 3 is 2.44 bits per heavy atom. The molecule has 0 bridgehead atoms. The van der Waals surface area contributed by atoms with Gasteiger partial charge in [-0.05, 0) is 35.7 Å². The molecule has 0 heterocycles. The predicted molar refractivity (Wildman–Crippen MR) is 123 cm³/mol. The van der Waals surface area contributed by atoms with E-state index in [1.54, 1.807) is 14.2 Å². The van der Waals surface area contributed by atoms with Crippen molar-refractivity contribution >= 4 is 41.5 Å². The van der Waals surface area contributed by atoms with E-state index in [4.69, 9.17) is 21.1 Å². The van der Waals surface area contributed by atoms with Gasteiger partial charge in [-0.1, -0.05) is 41.9 Å². The molecule has 0 spiro atoms. The van der Waals surface area contributed by atoms with Gasteiger partial charge in [0.2, 0.25) is 0 Å². The first-order valence-electron chi connectivity index (χ1n) is 8.61. The summed E-state index contributed by atoms with van der Waals surface area (Å²) >= 11 is 6.18. The molecule has 0 atom stereocenters. The molecular weight excluding hydrogens is 477 g/mol. The van der Waals surface area contributed by atoms with Gasteiger partial charge in [-0.3, -0.25) is 4.99 Å². The summed E-state index contributed by atoms with van der Waals surface area (Å²) in [7, 11) is 3.42. The van der Waals surface area contributed by atoms with Gasteiger partial charge < -0.3 is 20.1 Å². The summed E-state index contributed by atoms with van der Waals surface area (Å²) in [6.45, 7) is 2.58. The summed E-state index contributed by atoms with van der Waals surface area (Å²) in [5, 5.41) is 7.40. The van der Waals surface area contributed by atoms with Gasteiger partial charge in [-0.25, -0.2) is 0 Å². The summed E-state index contributed by atoms with van der Waals surface area (Å²) in [6.07, 6.45) is 0.841. The number of nitrogens with zero attached hydrogens (tertiary/aromatic N) is 1. The molecule has 0 radical (unpaired) electrons. The Bertz CT molecular complexity index is 696. The number of nitrogens with one attached hydrogen (secondary N) is 2. The first kappa shape index (κ1) is 23.5. The van der Waals surface area contributed by atoms with Gasteiger partial charge in [0, 0.05) is 32.3 Å². The summed E-state index contributed by atoms with van der Waals surface area (Å²) in [6, 6.07) is 15.9. The van der Waals surface area contributed by atoms with Crippen molar-refractivity contribution in [2.75, 3.05) is 33.9 Å². The molecule has 2 aromatic carbocycles. The molecule has 0 unspecified atom stereocenters. The van der Waals surface area contributed by atoms with Crippen LogP contribution in [0, 0.1) is 0 Å². The van der Waals surface area contributed by atoms with E-state index in [1.165, 1.54) is 0 Å². The number of methoxy groups -OCH3 is 1. The fraction of sp³-hybridized carbons (Fsp3) is 0.350. The molecule has 0 saturated carbocycles. The van der Waals surface area contributed by atoms with Crippen LogP contribution in [-0.4, -0.2) is 39.9 Å². The van der Waals surface area contributed by atoms with Crippen LogP contribution < -0.4 is 15.4 Å².